The quantitative estimate of drug-likeness (QED) is 0.847. The monoisotopic (exact) mass is 284 g/mol. The lowest BCUT2D eigenvalue weighted by atomic mass is 9.92. The summed E-state index contributed by atoms with van der Waals surface area (Å²) in [4.78, 5) is 4.39. The van der Waals surface area contributed by atoms with Gasteiger partial charge < -0.3 is 10.5 Å². The van der Waals surface area contributed by atoms with Crippen LogP contribution < -0.4 is 10.5 Å². The topological polar surface area (TPSA) is 48.1 Å². The Labute approximate surface area is 127 Å². The van der Waals surface area contributed by atoms with Crippen molar-refractivity contribution in [1.82, 2.24) is 4.98 Å². The first-order chi connectivity index (χ1) is 10.2. The minimum Gasteiger partial charge on any atom is -0.493 e. The number of nitrogens with two attached hydrogens (primary N) is 1. The molecule has 21 heavy (non-hydrogen) atoms. The zero-order valence-corrected chi connectivity index (χ0v) is 12.9. The van der Waals surface area contributed by atoms with Crippen LogP contribution in [-0.2, 0) is 6.42 Å². The van der Waals surface area contributed by atoms with Crippen molar-refractivity contribution in [1.29, 1.82) is 0 Å². The van der Waals surface area contributed by atoms with Crippen molar-refractivity contribution in [2.24, 2.45) is 5.73 Å². The molecular formula is C18H24N2O. The van der Waals surface area contributed by atoms with Gasteiger partial charge in [0, 0.05) is 17.8 Å². The summed E-state index contributed by atoms with van der Waals surface area (Å²) >= 11 is 0. The Morgan fingerprint density at radius 2 is 2.10 bits per heavy atom. The van der Waals surface area contributed by atoms with Gasteiger partial charge >= 0.3 is 0 Å². The molecule has 1 heterocycles. The van der Waals surface area contributed by atoms with E-state index in [2.05, 4.69) is 37.0 Å². The van der Waals surface area contributed by atoms with E-state index in [0.29, 0.717) is 12.5 Å². The first-order valence-corrected chi connectivity index (χ1v) is 7.58. The predicted molar refractivity (Wildman–Crippen MR) is 86.7 cm³/mol. The van der Waals surface area contributed by atoms with Gasteiger partial charge in [-0.3, -0.25) is 4.98 Å². The van der Waals surface area contributed by atoms with Crippen LogP contribution in [0.2, 0.25) is 0 Å². The molecule has 1 aromatic heterocycles. The van der Waals surface area contributed by atoms with Crippen LogP contribution in [0.15, 0.2) is 42.6 Å². The molecule has 112 valence electrons. The number of hydrogen-bond donors (Lipinski definition) is 1. The van der Waals surface area contributed by atoms with Gasteiger partial charge in [0.15, 0.2) is 0 Å². The minimum atomic E-state index is 0.291. The number of aromatic nitrogens is 1. The number of benzene rings is 1. The van der Waals surface area contributed by atoms with E-state index >= 15 is 0 Å². The highest BCUT2D eigenvalue weighted by atomic mass is 16.5. The maximum absolute atomic E-state index is 5.96. The maximum atomic E-state index is 5.96. The van der Waals surface area contributed by atoms with Crippen LogP contribution in [0.5, 0.6) is 5.75 Å². The highest BCUT2D eigenvalue weighted by Crippen LogP contribution is 2.25. The van der Waals surface area contributed by atoms with E-state index < -0.39 is 0 Å². The summed E-state index contributed by atoms with van der Waals surface area (Å²) in [5, 5.41) is 0. The summed E-state index contributed by atoms with van der Waals surface area (Å²) in [6.45, 7) is 5.57. The number of nitrogens with zero attached hydrogens (tertiary/aromatic N) is 1. The Morgan fingerprint density at radius 3 is 2.71 bits per heavy atom. The predicted octanol–water partition coefficient (Wildman–Crippen LogP) is 3.46. The van der Waals surface area contributed by atoms with Crippen LogP contribution in [0.1, 0.15) is 36.1 Å². The Hall–Kier alpha value is -1.87. The molecule has 0 aliphatic carbocycles. The lowest BCUT2D eigenvalue weighted by Crippen LogP contribution is -2.16. The van der Waals surface area contributed by atoms with Gasteiger partial charge in [-0.25, -0.2) is 0 Å². The molecule has 3 heteroatoms. The second-order valence-electron chi connectivity index (χ2n) is 5.33. The summed E-state index contributed by atoms with van der Waals surface area (Å²) in [7, 11) is 0. The smallest absolute Gasteiger partial charge is 0.122 e. The molecule has 1 atom stereocenters. The van der Waals surface area contributed by atoms with E-state index in [0.717, 1.165) is 30.9 Å². The van der Waals surface area contributed by atoms with Crippen LogP contribution in [0.25, 0.3) is 0 Å². The summed E-state index contributed by atoms with van der Waals surface area (Å²) in [5.74, 6) is 1.26. The average Bonchev–Trinajstić information content (AvgIpc) is 2.52. The fraction of sp³-hybridized carbons (Fsp3) is 0.389. The number of hydrogen-bond acceptors (Lipinski definition) is 3. The lowest BCUT2D eigenvalue weighted by molar-refractivity contribution is 0.315. The largest absolute Gasteiger partial charge is 0.493 e. The standard InChI is InChI=1S/C18H24N2O/c1-3-10-21-18-8-7-15(11-14(18)2)16(13-19)12-17-6-4-5-9-20-17/h4-9,11,16H,3,10,12-13,19H2,1-2H3. The SMILES string of the molecule is CCCOc1ccc(C(CN)Cc2ccccn2)cc1C. The second kappa shape index (κ2) is 7.79. The third-order valence-electron chi connectivity index (χ3n) is 3.60. The van der Waals surface area contributed by atoms with Crippen molar-refractivity contribution in [2.75, 3.05) is 13.2 Å². The van der Waals surface area contributed by atoms with Crippen molar-refractivity contribution in [3.63, 3.8) is 0 Å². The summed E-state index contributed by atoms with van der Waals surface area (Å²) in [5.41, 5.74) is 9.46. The molecule has 0 saturated heterocycles. The van der Waals surface area contributed by atoms with Crippen molar-refractivity contribution in [2.45, 2.75) is 32.6 Å². The molecule has 0 fully saturated rings. The van der Waals surface area contributed by atoms with E-state index in [9.17, 15) is 0 Å². The molecule has 3 nitrogen and oxygen atoms in total. The Morgan fingerprint density at radius 1 is 1.24 bits per heavy atom. The average molecular weight is 284 g/mol. The van der Waals surface area contributed by atoms with Crippen molar-refractivity contribution >= 4 is 0 Å². The van der Waals surface area contributed by atoms with Gasteiger partial charge in [0.2, 0.25) is 0 Å². The number of pyridine rings is 1. The maximum Gasteiger partial charge on any atom is 0.122 e. The van der Waals surface area contributed by atoms with E-state index in [-0.39, 0.29) is 0 Å². The number of rotatable bonds is 7. The molecule has 0 saturated carbocycles. The molecule has 0 amide bonds. The third-order valence-corrected chi connectivity index (χ3v) is 3.60. The third kappa shape index (κ3) is 4.30. The van der Waals surface area contributed by atoms with E-state index in [1.165, 1.54) is 11.1 Å². The van der Waals surface area contributed by atoms with Crippen molar-refractivity contribution < 1.29 is 4.74 Å². The Bertz CT molecular complexity index is 554. The van der Waals surface area contributed by atoms with Gasteiger partial charge in [-0.05, 0) is 55.6 Å². The summed E-state index contributed by atoms with van der Waals surface area (Å²) < 4.78 is 5.73. The summed E-state index contributed by atoms with van der Waals surface area (Å²) in [6.07, 6.45) is 3.72. The van der Waals surface area contributed by atoms with Crippen LogP contribution >= 0.6 is 0 Å². The van der Waals surface area contributed by atoms with E-state index in [4.69, 9.17) is 10.5 Å². The Balaban J connectivity index is 2.13. The molecular weight excluding hydrogens is 260 g/mol. The van der Waals surface area contributed by atoms with E-state index in [1.807, 2.05) is 24.4 Å². The minimum absolute atomic E-state index is 0.291. The van der Waals surface area contributed by atoms with Gasteiger partial charge in [-0.2, -0.15) is 0 Å². The normalized spacial score (nSPS) is 12.1. The first-order valence-electron chi connectivity index (χ1n) is 7.58. The number of ether oxygens (including phenoxy) is 1. The molecule has 0 radical (unpaired) electrons. The molecule has 0 aliphatic heterocycles. The van der Waals surface area contributed by atoms with Gasteiger partial charge in [0.25, 0.3) is 0 Å². The molecule has 2 rings (SSSR count). The molecule has 0 spiro atoms. The van der Waals surface area contributed by atoms with Gasteiger partial charge in [0.05, 0.1) is 6.61 Å². The molecule has 0 aliphatic rings. The van der Waals surface area contributed by atoms with Crippen LogP contribution in [0.3, 0.4) is 0 Å². The molecule has 1 unspecified atom stereocenters. The first kappa shape index (κ1) is 15.5. The molecule has 2 N–H and O–H groups in total. The number of aryl methyl sites for hydroxylation is 1. The molecule has 2 aromatic rings. The van der Waals surface area contributed by atoms with E-state index in [1.54, 1.807) is 0 Å². The zero-order valence-electron chi connectivity index (χ0n) is 12.9. The Kier molecular flexibility index (Phi) is 5.76. The zero-order chi connectivity index (χ0) is 15.1. The molecule has 0 bridgehead atoms. The van der Waals surface area contributed by atoms with Gasteiger partial charge in [-0.15, -0.1) is 0 Å². The van der Waals surface area contributed by atoms with Crippen molar-refractivity contribution in [3.8, 4) is 5.75 Å². The fourth-order valence-electron chi connectivity index (χ4n) is 2.41. The fourth-order valence-corrected chi connectivity index (χ4v) is 2.41. The van der Waals surface area contributed by atoms with Gasteiger partial charge in [0.1, 0.15) is 5.75 Å². The van der Waals surface area contributed by atoms with Gasteiger partial charge in [-0.1, -0.05) is 25.1 Å². The highest BCUT2D eigenvalue weighted by molar-refractivity contribution is 5.38. The highest BCUT2D eigenvalue weighted by Gasteiger charge is 2.13. The van der Waals surface area contributed by atoms with Crippen LogP contribution in [0, 0.1) is 6.92 Å². The molecule has 1 aromatic carbocycles. The summed E-state index contributed by atoms with van der Waals surface area (Å²) in [6, 6.07) is 12.4. The van der Waals surface area contributed by atoms with Crippen LogP contribution in [0.4, 0.5) is 0 Å². The second-order valence-corrected chi connectivity index (χ2v) is 5.33. The van der Waals surface area contributed by atoms with Crippen LogP contribution in [-0.4, -0.2) is 18.1 Å². The van der Waals surface area contributed by atoms with Crippen molar-refractivity contribution in [3.05, 3.63) is 59.4 Å². The lowest BCUT2D eigenvalue weighted by Gasteiger charge is -2.17.